The van der Waals surface area contributed by atoms with Crippen molar-refractivity contribution in [2.45, 2.75) is 51.7 Å². The van der Waals surface area contributed by atoms with E-state index in [0.717, 1.165) is 35.1 Å². The number of aromatic nitrogens is 2. The van der Waals surface area contributed by atoms with E-state index in [0.29, 0.717) is 30.5 Å². The second-order valence-electron chi connectivity index (χ2n) is 9.73. The number of carbonyl (C=O) groups is 1. The third-order valence-corrected chi connectivity index (χ3v) is 6.77. The van der Waals surface area contributed by atoms with Gasteiger partial charge in [0.15, 0.2) is 5.75 Å². The summed E-state index contributed by atoms with van der Waals surface area (Å²) in [6, 6.07) is 18.4. The Balaban J connectivity index is 1.26. The number of hydrogen-bond donors (Lipinski definition) is 2. The van der Waals surface area contributed by atoms with Gasteiger partial charge in [-0.2, -0.15) is 5.10 Å². The molecule has 40 heavy (non-hydrogen) atoms. The first-order chi connectivity index (χ1) is 19.2. The van der Waals surface area contributed by atoms with Gasteiger partial charge < -0.3 is 19.9 Å². The van der Waals surface area contributed by atoms with Crippen LogP contribution < -0.4 is 14.8 Å². The van der Waals surface area contributed by atoms with E-state index < -0.39 is 12.3 Å². The minimum Gasteiger partial charge on any atom is -0.487 e. The van der Waals surface area contributed by atoms with Crippen molar-refractivity contribution in [2.24, 2.45) is 0 Å². The number of benzene rings is 3. The molecule has 0 spiro atoms. The Hall–Kier alpha value is -4.31. The molecule has 3 aromatic carbocycles. The number of alkyl halides is 3. The summed E-state index contributed by atoms with van der Waals surface area (Å²) in [7, 11) is 0. The Morgan fingerprint density at radius 3 is 2.50 bits per heavy atom. The van der Waals surface area contributed by atoms with E-state index in [9.17, 15) is 18.0 Å². The number of carboxylic acids is 1. The standard InChI is InChI=1S/C30H28F3N3O4/c1-19-14-24(13-12-23(19)16-34-15-20-6-8-22(9-7-20)29(37)38)39-18-27-25(21-10-11-21)17-35-36(27)26-4-2-3-5-28(26)40-30(31,32)33/h2-9,12-14,17,21,34H,10-11,15-16,18H2,1H3,(H,37,38). The van der Waals surface area contributed by atoms with Crippen molar-refractivity contribution in [3.63, 3.8) is 0 Å². The van der Waals surface area contributed by atoms with Crippen LogP contribution in [0.4, 0.5) is 13.2 Å². The van der Waals surface area contributed by atoms with E-state index in [4.69, 9.17) is 9.84 Å². The molecule has 0 saturated heterocycles. The van der Waals surface area contributed by atoms with Gasteiger partial charge in [0.2, 0.25) is 0 Å². The maximum absolute atomic E-state index is 13.0. The number of para-hydroxylation sites is 2. The second kappa shape index (κ2) is 11.4. The monoisotopic (exact) mass is 551 g/mol. The molecule has 2 N–H and O–H groups in total. The number of nitrogens with zero attached hydrogens (tertiary/aromatic N) is 2. The predicted octanol–water partition coefficient (Wildman–Crippen LogP) is 6.52. The topological polar surface area (TPSA) is 85.6 Å². The summed E-state index contributed by atoms with van der Waals surface area (Å²) in [5.74, 6) is -0.323. The van der Waals surface area contributed by atoms with Gasteiger partial charge in [0, 0.05) is 18.7 Å². The van der Waals surface area contributed by atoms with Gasteiger partial charge in [0.25, 0.3) is 0 Å². The number of aryl methyl sites for hydroxylation is 1. The first kappa shape index (κ1) is 27.3. The molecule has 0 amide bonds. The number of nitrogens with one attached hydrogen (secondary N) is 1. The average Bonchev–Trinajstić information content (AvgIpc) is 3.67. The molecule has 0 radical (unpaired) electrons. The van der Waals surface area contributed by atoms with Gasteiger partial charge in [-0.15, -0.1) is 13.2 Å². The van der Waals surface area contributed by atoms with Crippen LogP contribution in [0.3, 0.4) is 0 Å². The highest BCUT2D eigenvalue weighted by Crippen LogP contribution is 2.43. The van der Waals surface area contributed by atoms with Crippen molar-refractivity contribution in [3.05, 3.63) is 106 Å². The zero-order valence-electron chi connectivity index (χ0n) is 21.7. The minimum absolute atomic E-state index is 0.134. The van der Waals surface area contributed by atoms with E-state index in [1.165, 1.54) is 16.8 Å². The van der Waals surface area contributed by atoms with E-state index >= 15 is 0 Å². The molecule has 7 nitrogen and oxygen atoms in total. The highest BCUT2D eigenvalue weighted by Gasteiger charge is 2.34. The third-order valence-electron chi connectivity index (χ3n) is 6.77. The molecule has 0 unspecified atom stereocenters. The summed E-state index contributed by atoms with van der Waals surface area (Å²) < 4.78 is 50.9. The molecule has 0 aliphatic heterocycles. The summed E-state index contributed by atoms with van der Waals surface area (Å²) in [6.07, 6.45) is -1.11. The van der Waals surface area contributed by atoms with Crippen LogP contribution in [0.25, 0.3) is 5.69 Å². The maximum atomic E-state index is 13.0. The van der Waals surface area contributed by atoms with Gasteiger partial charge in [-0.05, 0) is 78.8 Å². The third kappa shape index (κ3) is 6.63. The lowest BCUT2D eigenvalue weighted by atomic mass is 10.1. The summed E-state index contributed by atoms with van der Waals surface area (Å²) in [5.41, 5.74) is 5.19. The Morgan fingerprint density at radius 1 is 1.07 bits per heavy atom. The molecular formula is C30H28F3N3O4. The van der Waals surface area contributed by atoms with Gasteiger partial charge in [0.05, 0.1) is 17.5 Å². The van der Waals surface area contributed by atoms with Crippen molar-refractivity contribution < 1.29 is 32.5 Å². The van der Waals surface area contributed by atoms with Crippen LogP contribution in [0.2, 0.25) is 0 Å². The van der Waals surface area contributed by atoms with Crippen LogP contribution in [-0.2, 0) is 19.7 Å². The van der Waals surface area contributed by atoms with Crippen LogP contribution in [0.15, 0.2) is 72.9 Å². The maximum Gasteiger partial charge on any atom is 0.573 e. The summed E-state index contributed by atoms with van der Waals surface area (Å²) in [5, 5.41) is 16.8. The van der Waals surface area contributed by atoms with Crippen LogP contribution in [-0.4, -0.2) is 27.2 Å². The summed E-state index contributed by atoms with van der Waals surface area (Å²) in [6.45, 7) is 3.32. The van der Waals surface area contributed by atoms with Gasteiger partial charge in [0.1, 0.15) is 18.0 Å². The van der Waals surface area contributed by atoms with E-state index in [2.05, 4.69) is 15.2 Å². The molecule has 1 fully saturated rings. The van der Waals surface area contributed by atoms with Crippen LogP contribution >= 0.6 is 0 Å². The van der Waals surface area contributed by atoms with Gasteiger partial charge in [-0.25, -0.2) is 9.48 Å². The Bertz CT molecular complexity index is 1500. The SMILES string of the molecule is Cc1cc(OCc2c(C3CC3)cnn2-c2ccccc2OC(F)(F)F)ccc1CNCc1ccc(C(=O)O)cc1. The van der Waals surface area contributed by atoms with Gasteiger partial charge in [-0.3, -0.25) is 0 Å². The molecule has 1 aliphatic rings. The highest BCUT2D eigenvalue weighted by atomic mass is 19.4. The smallest absolute Gasteiger partial charge is 0.487 e. The van der Waals surface area contributed by atoms with Gasteiger partial charge in [-0.1, -0.05) is 30.3 Å². The largest absolute Gasteiger partial charge is 0.573 e. The second-order valence-corrected chi connectivity index (χ2v) is 9.73. The van der Waals surface area contributed by atoms with Crippen molar-refractivity contribution in [2.75, 3.05) is 0 Å². The number of carboxylic acid groups (broad SMARTS) is 1. The van der Waals surface area contributed by atoms with Gasteiger partial charge >= 0.3 is 12.3 Å². The predicted molar refractivity (Wildman–Crippen MR) is 142 cm³/mol. The van der Waals surface area contributed by atoms with Crippen molar-refractivity contribution in [1.29, 1.82) is 0 Å². The lowest BCUT2D eigenvalue weighted by Crippen LogP contribution is -2.19. The molecule has 0 bridgehead atoms. The Labute approximate surface area is 229 Å². The van der Waals surface area contributed by atoms with Crippen molar-refractivity contribution in [1.82, 2.24) is 15.1 Å². The molecule has 4 aromatic rings. The quantitative estimate of drug-likeness (QED) is 0.221. The normalized spacial score (nSPS) is 13.3. The van der Waals surface area contributed by atoms with E-state index in [1.54, 1.807) is 42.6 Å². The summed E-state index contributed by atoms with van der Waals surface area (Å²) >= 11 is 0. The first-order valence-corrected chi connectivity index (χ1v) is 12.8. The Kier molecular flexibility index (Phi) is 7.79. The molecule has 0 atom stereocenters. The Morgan fingerprint density at radius 2 is 1.82 bits per heavy atom. The lowest BCUT2D eigenvalue weighted by Gasteiger charge is -2.16. The van der Waals surface area contributed by atoms with Crippen LogP contribution in [0.5, 0.6) is 11.5 Å². The molecule has 208 valence electrons. The first-order valence-electron chi connectivity index (χ1n) is 12.8. The average molecular weight is 552 g/mol. The number of halogens is 3. The molecule has 5 rings (SSSR count). The van der Waals surface area contributed by atoms with Crippen LogP contribution in [0.1, 0.15) is 57.1 Å². The highest BCUT2D eigenvalue weighted by molar-refractivity contribution is 5.87. The minimum atomic E-state index is -4.82. The number of rotatable bonds is 11. The fraction of sp³-hybridized carbons (Fsp3) is 0.267. The molecular weight excluding hydrogens is 523 g/mol. The molecule has 1 heterocycles. The van der Waals surface area contributed by atoms with Crippen molar-refractivity contribution >= 4 is 5.97 Å². The molecule has 1 aliphatic carbocycles. The fourth-order valence-electron chi connectivity index (χ4n) is 4.53. The lowest BCUT2D eigenvalue weighted by molar-refractivity contribution is -0.274. The zero-order chi connectivity index (χ0) is 28.3. The van der Waals surface area contributed by atoms with Crippen molar-refractivity contribution in [3.8, 4) is 17.2 Å². The zero-order valence-corrected chi connectivity index (χ0v) is 21.7. The van der Waals surface area contributed by atoms with E-state index in [1.807, 2.05) is 25.1 Å². The van der Waals surface area contributed by atoms with E-state index in [-0.39, 0.29) is 23.6 Å². The fourth-order valence-corrected chi connectivity index (χ4v) is 4.53. The van der Waals surface area contributed by atoms with Crippen LogP contribution in [0, 0.1) is 6.92 Å². The number of aromatic carboxylic acids is 1. The number of hydrogen-bond acceptors (Lipinski definition) is 5. The molecule has 1 aromatic heterocycles. The number of ether oxygens (including phenoxy) is 2. The molecule has 10 heteroatoms. The summed E-state index contributed by atoms with van der Waals surface area (Å²) in [4.78, 5) is 11.0. The molecule has 1 saturated carbocycles.